The second-order valence-electron chi connectivity index (χ2n) is 7.84. The van der Waals surface area contributed by atoms with Gasteiger partial charge in [0.1, 0.15) is 22.9 Å². The zero-order valence-corrected chi connectivity index (χ0v) is 17.1. The van der Waals surface area contributed by atoms with Crippen molar-refractivity contribution in [3.05, 3.63) is 36.7 Å². The Labute approximate surface area is 175 Å². The fourth-order valence-corrected chi connectivity index (χ4v) is 4.30. The van der Waals surface area contributed by atoms with Crippen LogP contribution in [0.1, 0.15) is 25.7 Å². The molecule has 8 nitrogen and oxygen atoms in total. The lowest BCUT2D eigenvalue weighted by atomic mass is 10.1. The molecule has 2 saturated heterocycles. The van der Waals surface area contributed by atoms with Gasteiger partial charge in [-0.15, -0.1) is 0 Å². The highest BCUT2D eigenvalue weighted by Gasteiger charge is 2.26. The Balaban J connectivity index is 1.51. The third-order valence-corrected chi connectivity index (χ3v) is 5.83. The monoisotopic (exact) mass is 406 g/mol. The molecule has 156 valence electrons. The summed E-state index contributed by atoms with van der Waals surface area (Å²) in [5.41, 5.74) is 3.24. The zero-order valence-electron chi connectivity index (χ0n) is 17.1. The Bertz CT molecular complexity index is 1070. The van der Waals surface area contributed by atoms with Gasteiger partial charge in [0.25, 0.3) is 0 Å². The Morgan fingerprint density at radius 3 is 3.00 bits per heavy atom. The van der Waals surface area contributed by atoms with Crippen LogP contribution in [-0.4, -0.2) is 53.1 Å². The minimum Gasteiger partial charge on any atom is -0.494 e. The van der Waals surface area contributed by atoms with Crippen LogP contribution < -0.4 is 20.3 Å². The number of aromatic nitrogens is 3. The summed E-state index contributed by atoms with van der Waals surface area (Å²) in [4.78, 5) is 23.5. The van der Waals surface area contributed by atoms with Crippen molar-refractivity contribution >= 4 is 23.1 Å². The lowest BCUT2D eigenvalue weighted by molar-refractivity contribution is -0.117. The van der Waals surface area contributed by atoms with E-state index in [2.05, 4.69) is 15.6 Å². The van der Waals surface area contributed by atoms with Gasteiger partial charge in [-0.1, -0.05) is 6.07 Å². The van der Waals surface area contributed by atoms with E-state index in [0.29, 0.717) is 24.8 Å². The van der Waals surface area contributed by atoms with E-state index in [-0.39, 0.29) is 5.91 Å². The summed E-state index contributed by atoms with van der Waals surface area (Å²) >= 11 is 0. The molecule has 1 amide bonds. The predicted molar refractivity (Wildman–Crippen MR) is 116 cm³/mol. The normalized spacial score (nSPS) is 19.4. The second kappa shape index (κ2) is 7.95. The molecule has 1 atom stereocenters. The van der Waals surface area contributed by atoms with E-state index in [9.17, 15) is 4.79 Å². The fraction of sp³-hybridized carbons (Fsp3) is 0.409. The number of methoxy groups -OCH3 is 1. The molecule has 0 saturated carbocycles. The van der Waals surface area contributed by atoms with E-state index in [1.54, 1.807) is 12.0 Å². The van der Waals surface area contributed by atoms with Crippen LogP contribution in [0.4, 0.5) is 11.5 Å². The Hall–Kier alpha value is -3.13. The molecule has 3 aromatic rings. The molecule has 0 spiro atoms. The SMILES string of the molecule is COc1cc2ncc(-c3cccc(NC4CCCNC4)n3)n2cc1N1CCCC1=O. The van der Waals surface area contributed by atoms with Crippen molar-refractivity contribution in [1.29, 1.82) is 0 Å². The number of carbonyl (C=O) groups excluding carboxylic acids is 1. The molecule has 5 heterocycles. The van der Waals surface area contributed by atoms with Crippen molar-refractivity contribution in [2.75, 3.05) is 37.0 Å². The molecule has 8 heteroatoms. The molecule has 2 aliphatic heterocycles. The van der Waals surface area contributed by atoms with Gasteiger partial charge in [0, 0.05) is 37.8 Å². The van der Waals surface area contributed by atoms with E-state index in [4.69, 9.17) is 9.72 Å². The molecular weight excluding hydrogens is 380 g/mol. The van der Waals surface area contributed by atoms with Gasteiger partial charge in [-0.3, -0.25) is 9.20 Å². The molecule has 0 radical (unpaired) electrons. The number of amides is 1. The average Bonchev–Trinajstić information content (AvgIpc) is 3.39. The highest BCUT2D eigenvalue weighted by Crippen LogP contribution is 2.34. The van der Waals surface area contributed by atoms with Crippen molar-refractivity contribution in [2.45, 2.75) is 31.7 Å². The summed E-state index contributed by atoms with van der Waals surface area (Å²) in [6.07, 6.45) is 7.50. The van der Waals surface area contributed by atoms with E-state index in [1.807, 2.05) is 41.1 Å². The Morgan fingerprint density at radius 1 is 1.30 bits per heavy atom. The third-order valence-electron chi connectivity index (χ3n) is 5.83. The van der Waals surface area contributed by atoms with Crippen LogP contribution in [0.5, 0.6) is 5.75 Å². The molecule has 0 aliphatic carbocycles. The molecule has 2 aliphatic rings. The third kappa shape index (κ3) is 3.47. The van der Waals surface area contributed by atoms with E-state index in [1.165, 1.54) is 6.42 Å². The molecule has 2 N–H and O–H groups in total. The molecule has 0 aromatic carbocycles. The standard InChI is InChI=1S/C22H26N6O2/c1-30-19-11-21-24-13-17(28(21)14-18(19)27-10-4-8-22(27)29)16-6-2-7-20(26-16)25-15-5-3-9-23-12-15/h2,6-7,11,13-15,23H,3-5,8-10,12H2,1H3,(H,25,26). The first kappa shape index (κ1) is 18.9. The van der Waals surface area contributed by atoms with Crippen LogP contribution in [0.3, 0.4) is 0 Å². The molecule has 30 heavy (non-hydrogen) atoms. The van der Waals surface area contributed by atoms with Crippen molar-refractivity contribution in [2.24, 2.45) is 0 Å². The second-order valence-corrected chi connectivity index (χ2v) is 7.84. The van der Waals surface area contributed by atoms with Crippen LogP contribution >= 0.6 is 0 Å². The summed E-state index contributed by atoms with van der Waals surface area (Å²) in [6, 6.07) is 8.26. The number of carbonyl (C=O) groups is 1. The average molecular weight is 406 g/mol. The number of rotatable bonds is 5. The Kier molecular flexibility index (Phi) is 5.00. The van der Waals surface area contributed by atoms with Crippen LogP contribution in [-0.2, 0) is 4.79 Å². The maximum Gasteiger partial charge on any atom is 0.227 e. The Morgan fingerprint density at radius 2 is 2.23 bits per heavy atom. The van der Waals surface area contributed by atoms with Gasteiger partial charge in [0.2, 0.25) is 5.91 Å². The summed E-state index contributed by atoms with van der Waals surface area (Å²) in [5.74, 6) is 1.64. The first-order chi connectivity index (χ1) is 14.7. The number of pyridine rings is 2. The van der Waals surface area contributed by atoms with Crippen molar-refractivity contribution in [1.82, 2.24) is 19.7 Å². The first-order valence-electron chi connectivity index (χ1n) is 10.5. The quantitative estimate of drug-likeness (QED) is 0.678. The molecule has 3 aromatic heterocycles. The van der Waals surface area contributed by atoms with Gasteiger partial charge in [0.05, 0.1) is 24.7 Å². The number of nitrogens with zero attached hydrogens (tertiary/aromatic N) is 4. The number of nitrogens with one attached hydrogen (secondary N) is 2. The predicted octanol–water partition coefficient (Wildman–Crippen LogP) is 2.70. The summed E-state index contributed by atoms with van der Waals surface area (Å²) in [7, 11) is 1.62. The minimum atomic E-state index is 0.125. The van der Waals surface area contributed by atoms with Gasteiger partial charge < -0.3 is 20.3 Å². The maximum absolute atomic E-state index is 12.3. The van der Waals surface area contributed by atoms with Crippen LogP contribution in [0.2, 0.25) is 0 Å². The molecule has 5 rings (SSSR count). The van der Waals surface area contributed by atoms with Gasteiger partial charge >= 0.3 is 0 Å². The smallest absolute Gasteiger partial charge is 0.227 e. The topological polar surface area (TPSA) is 83.8 Å². The summed E-state index contributed by atoms with van der Waals surface area (Å²) in [6.45, 7) is 2.74. The van der Waals surface area contributed by atoms with Gasteiger partial charge in [0.15, 0.2) is 0 Å². The highest BCUT2D eigenvalue weighted by atomic mass is 16.5. The summed E-state index contributed by atoms with van der Waals surface area (Å²) < 4.78 is 7.54. The minimum absolute atomic E-state index is 0.125. The lowest BCUT2D eigenvalue weighted by Gasteiger charge is -2.24. The summed E-state index contributed by atoms with van der Waals surface area (Å²) in [5, 5.41) is 6.96. The number of hydrogen-bond acceptors (Lipinski definition) is 6. The molecule has 2 fully saturated rings. The van der Waals surface area contributed by atoms with E-state index >= 15 is 0 Å². The van der Waals surface area contributed by atoms with Crippen molar-refractivity contribution in [3.8, 4) is 17.1 Å². The number of imidazole rings is 1. The number of fused-ring (bicyclic) bond motifs is 1. The van der Waals surface area contributed by atoms with Gasteiger partial charge in [-0.05, 0) is 37.9 Å². The maximum atomic E-state index is 12.3. The molecule has 1 unspecified atom stereocenters. The van der Waals surface area contributed by atoms with Crippen molar-refractivity contribution in [3.63, 3.8) is 0 Å². The number of ether oxygens (including phenoxy) is 1. The van der Waals surface area contributed by atoms with Gasteiger partial charge in [-0.2, -0.15) is 0 Å². The van der Waals surface area contributed by atoms with E-state index in [0.717, 1.165) is 54.5 Å². The van der Waals surface area contributed by atoms with Crippen LogP contribution in [0.15, 0.2) is 36.7 Å². The highest BCUT2D eigenvalue weighted by molar-refractivity contribution is 5.97. The van der Waals surface area contributed by atoms with Crippen LogP contribution in [0, 0.1) is 0 Å². The number of piperidine rings is 1. The zero-order chi connectivity index (χ0) is 20.5. The fourth-order valence-electron chi connectivity index (χ4n) is 4.30. The van der Waals surface area contributed by atoms with E-state index < -0.39 is 0 Å². The number of anilines is 2. The molecular formula is C22H26N6O2. The van der Waals surface area contributed by atoms with Crippen LogP contribution in [0.25, 0.3) is 17.0 Å². The number of hydrogen-bond donors (Lipinski definition) is 2. The largest absolute Gasteiger partial charge is 0.494 e. The van der Waals surface area contributed by atoms with Gasteiger partial charge in [-0.25, -0.2) is 9.97 Å². The lowest BCUT2D eigenvalue weighted by Crippen LogP contribution is -2.38. The molecule has 0 bridgehead atoms. The first-order valence-corrected chi connectivity index (χ1v) is 10.5. The van der Waals surface area contributed by atoms with Crippen molar-refractivity contribution < 1.29 is 9.53 Å².